The Morgan fingerprint density at radius 2 is 0.671 bits per heavy atom. The van der Waals surface area contributed by atoms with Gasteiger partial charge in [0.25, 0.3) is 0 Å². The lowest BCUT2D eigenvalue weighted by atomic mass is 9.95. The van der Waals surface area contributed by atoms with Crippen LogP contribution < -0.4 is 28.4 Å². The van der Waals surface area contributed by atoms with Crippen molar-refractivity contribution in [2.75, 3.05) is 13.2 Å². The minimum absolute atomic E-state index is 0. The maximum absolute atomic E-state index is 12.5. The normalized spacial score (nSPS) is 12.9. The second kappa shape index (κ2) is 32.1. The quantitative estimate of drug-likeness (QED) is 0.0294. The molecule has 0 N–H and O–H groups in total. The van der Waals surface area contributed by atoms with Crippen molar-refractivity contribution in [2.45, 2.75) is 91.3 Å². The van der Waals surface area contributed by atoms with Gasteiger partial charge in [-0.3, -0.25) is 0 Å². The molecule has 0 bridgehead atoms. The molecular formula is C62H62O14. The summed E-state index contributed by atoms with van der Waals surface area (Å²) < 4.78 is 42.3. The molecule has 1 aliphatic rings. The van der Waals surface area contributed by atoms with Crippen LogP contribution in [0.5, 0.6) is 34.5 Å². The molecule has 0 radical (unpaired) electrons. The molecule has 14 heteroatoms. The van der Waals surface area contributed by atoms with Crippen molar-refractivity contribution >= 4 is 35.8 Å². The van der Waals surface area contributed by atoms with Gasteiger partial charge in [-0.2, -0.15) is 0 Å². The minimum Gasteiger partial charge on any atom is -0.494 e. The molecule has 0 aliphatic heterocycles. The number of aryl methyl sites for hydroxylation is 2. The Labute approximate surface area is 445 Å². The van der Waals surface area contributed by atoms with Gasteiger partial charge in [-0.15, -0.1) is 0 Å². The van der Waals surface area contributed by atoms with Gasteiger partial charge in [-0.05, 0) is 149 Å². The number of carbonyl (C=O) groups excluding carboxylic acids is 6. The van der Waals surface area contributed by atoms with E-state index in [4.69, 9.17) is 37.9 Å². The molecule has 76 heavy (non-hydrogen) atoms. The highest BCUT2D eigenvalue weighted by Crippen LogP contribution is 2.26. The number of para-hydroxylation sites is 2. The van der Waals surface area contributed by atoms with Crippen molar-refractivity contribution in [3.05, 3.63) is 180 Å². The van der Waals surface area contributed by atoms with Crippen LogP contribution in [0.3, 0.4) is 0 Å². The molecule has 0 unspecified atom stereocenters. The van der Waals surface area contributed by atoms with Gasteiger partial charge in [0.15, 0.2) is 0 Å². The summed E-state index contributed by atoms with van der Waals surface area (Å²) in [7, 11) is 0. The van der Waals surface area contributed by atoms with Crippen LogP contribution in [0, 0.1) is 37.5 Å². The number of esters is 6. The summed E-state index contributed by atoms with van der Waals surface area (Å²) in [6, 6.07) is 44.9. The molecule has 7 rings (SSSR count). The van der Waals surface area contributed by atoms with E-state index in [1.807, 2.05) is 38.1 Å². The summed E-state index contributed by atoms with van der Waals surface area (Å²) in [5.74, 6) is 7.37. The zero-order valence-corrected chi connectivity index (χ0v) is 43.0. The molecule has 0 aromatic heterocycles. The molecular weight excluding hydrogens is 969 g/mol. The number of benzene rings is 6. The highest BCUT2D eigenvalue weighted by atomic mass is 16.6. The molecule has 0 saturated heterocycles. The lowest BCUT2D eigenvalue weighted by molar-refractivity contribution is -0.130. The van der Waals surface area contributed by atoms with Crippen molar-refractivity contribution in [3.63, 3.8) is 0 Å². The van der Waals surface area contributed by atoms with Gasteiger partial charge in [0, 0.05) is 25.1 Å². The van der Waals surface area contributed by atoms with Crippen LogP contribution in [0.4, 0.5) is 0 Å². The minimum atomic E-state index is -0.818. The smallest absolute Gasteiger partial charge is 0.390 e. The zero-order valence-electron chi connectivity index (χ0n) is 43.0. The van der Waals surface area contributed by atoms with E-state index >= 15 is 0 Å². The summed E-state index contributed by atoms with van der Waals surface area (Å²) in [6.07, 6.45) is 6.52. The topological polar surface area (TPSA) is 176 Å². The first-order valence-electron chi connectivity index (χ1n) is 24.9. The van der Waals surface area contributed by atoms with E-state index in [1.54, 1.807) is 133 Å². The average molecular weight is 1030 g/mol. The van der Waals surface area contributed by atoms with Gasteiger partial charge < -0.3 is 37.9 Å². The van der Waals surface area contributed by atoms with Gasteiger partial charge in [-0.1, -0.05) is 98.5 Å². The molecule has 394 valence electrons. The van der Waals surface area contributed by atoms with Gasteiger partial charge in [0.1, 0.15) is 46.7 Å². The molecule has 1 fully saturated rings. The van der Waals surface area contributed by atoms with Gasteiger partial charge >= 0.3 is 35.8 Å². The fourth-order valence-electron chi connectivity index (χ4n) is 6.67. The molecule has 6 aromatic carbocycles. The third kappa shape index (κ3) is 22.3. The van der Waals surface area contributed by atoms with E-state index in [0.29, 0.717) is 73.0 Å². The van der Waals surface area contributed by atoms with Gasteiger partial charge in [0.05, 0.1) is 24.3 Å². The molecule has 0 atom stereocenters. The summed E-state index contributed by atoms with van der Waals surface area (Å²) in [5.41, 5.74) is 3.12. The number of unbranched alkanes of at least 4 members (excludes halogenated alkanes) is 2. The van der Waals surface area contributed by atoms with Crippen LogP contribution in [0.2, 0.25) is 0 Å². The van der Waals surface area contributed by atoms with E-state index in [1.165, 1.54) is 0 Å². The highest BCUT2D eigenvalue weighted by Gasteiger charge is 2.27. The van der Waals surface area contributed by atoms with Crippen LogP contribution in [-0.2, 0) is 28.7 Å². The standard InChI is InChI=1S/C28H36O6.C18H14O4.C16H10O4.H2/c1-3-5-19-31-23-11-7-21(8-12-23)27(29)33-25-15-17-26(18-16-25)34-28(30)22-9-13-24(14-10-22)32-20-6-4-2;1-13-3-7-15(8-4-13)21-17(19)11-12-18(20)22-16-9-5-14(2)6-10-16;17-15(19-13-7-3-1-4-8-13)11-12-16(18)20-14-9-5-2-6-10-14;/h7-14,25-26H,3-6,15-20H2,1-2H3;3-10H,1-2H3;1-10H;1H. The monoisotopic (exact) mass is 1030 g/mol. The van der Waals surface area contributed by atoms with Crippen molar-refractivity contribution in [1.29, 1.82) is 0 Å². The summed E-state index contributed by atoms with van der Waals surface area (Å²) >= 11 is 0. The van der Waals surface area contributed by atoms with Crippen LogP contribution in [0.15, 0.2) is 158 Å². The van der Waals surface area contributed by atoms with Crippen LogP contribution in [0.25, 0.3) is 0 Å². The SMILES string of the molecule is CCCCOc1ccc(C(=O)OC2CCC(OC(=O)c3ccc(OCCCC)cc3)CC2)cc1.Cc1ccc(OC(=O)C#CC(=O)Oc2ccc(C)cc2)cc1.O=C(C#CC(=O)Oc1ccccc1)Oc1ccccc1.[HH]. The van der Waals surface area contributed by atoms with Gasteiger partial charge in [0.2, 0.25) is 0 Å². The fourth-order valence-corrected chi connectivity index (χ4v) is 6.67. The molecule has 0 heterocycles. The average Bonchev–Trinajstić information content (AvgIpc) is 3.43. The molecule has 6 aromatic rings. The van der Waals surface area contributed by atoms with Crippen LogP contribution in [-0.4, -0.2) is 61.2 Å². The van der Waals surface area contributed by atoms with Crippen molar-refractivity contribution in [1.82, 2.24) is 0 Å². The third-order valence-corrected chi connectivity index (χ3v) is 10.8. The predicted molar refractivity (Wildman–Crippen MR) is 286 cm³/mol. The molecule has 0 amide bonds. The first kappa shape index (κ1) is 57.8. The Morgan fingerprint density at radius 1 is 0.395 bits per heavy atom. The Hall–Kier alpha value is -9.14. The Morgan fingerprint density at radius 3 is 0.961 bits per heavy atom. The summed E-state index contributed by atoms with van der Waals surface area (Å²) in [4.78, 5) is 70.7. The summed E-state index contributed by atoms with van der Waals surface area (Å²) in [6.45, 7) is 9.42. The van der Waals surface area contributed by atoms with Crippen LogP contribution >= 0.6 is 0 Å². The Kier molecular flexibility index (Phi) is 24.4. The van der Waals surface area contributed by atoms with E-state index in [2.05, 4.69) is 37.5 Å². The summed E-state index contributed by atoms with van der Waals surface area (Å²) in [5, 5.41) is 0. The fraction of sp³-hybridized carbons (Fsp3) is 0.258. The zero-order chi connectivity index (χ0) is 54.3. The lowest BCUT2D eigenvalue weighted by Crippen LogP contribution is -2.29. The molecule has 1 aliphatic carbocycles. The Bertz CT molecular complexity index is 2720. The molecule has 14 nitrogen and oxygen atoms in total. The van der Waals surface area contributed by atoms with Crippen molar-refractivity contribution in [3.8, 4) is 58.2 Å². The first-order valence-corrected chi connectivity index (χ1v) is 24.9. The number of ether oxygens (including phenoxy) is 8. The second-order valence-electron chi connectivity index (χ2n) is 17.0. The Balaban J connectivity index is 0.000000260. The molecule has 1 saturated carbocycles. The highest BCUT2D eigenvalue weighted by molar-refractivity contribution is 6.00. The third-order valence-electron chi connectivity index (χ3n) is 10.8. The van der Waals surface area contributed by atoms with E-state index < -0.39 is 23.9 Å². The van der Waals surface area contributed by atoms with E-state index in [-0.39, 0.29) is 25.6 Å². The van der Waals surface area contributed by atoms with Crippen molar-refractivity contribution < 1.29 is 68.1 Å². The number of rotatable bonds is 16. The maximum Gasteiger partial charge on any atom is 0.390 e. The predicted octanol–water partition coefficient (Wildman–Crippen LogP) is 11.6. The number of carbonyl (C=O) groups is 6. The molecule has 0 spiro atoms. The largest absolute Gasteiger partial charge is 0.494 e. The number of hydrogen-bond donors (Lipinski definition) is 0. The maximum atomic E-state index is 12.5. The number of hydrogen-bond acceptors (Lipinski definition) is 14. The van der Waals surface area contributed by atoms with Crippen LogP contribution in [0.1, 0.15) is 98.5 Å². The second-order valence-corrected chi connectivity index (χ2v) is 17.0. The van der Waals surface area contributed by atoms with Gasteiger partial charge in [-0.25, -0.2) is 28.8 Å². The lowest BCUT2D eigenvalue weighted by Gasteiger charge is -2.28. The van der Waals surface area contributed by atoms with E-state index in [0.717, 1.165) is 48.3 Å². The van der Waals surface area contributed by atoms with E-state index in [9.17, 15) is 28.8 Å². The first-order chi connectivity index (χ1) is 36.8. The van der Waals surface area contributed by atoms with Crippen molar-refractivity contribution in [2.24, 2.45) is 0 Å².